The molecule has 29 heavy (non-hydrogen) atoms. The Kier molecular flexibility index (Phi) is 5.85. The third kappa shape index (κ3) is 4.90. The van der Waals surface area contributed by atoms with E-state index in [0.717, 1.165) is 5.56 Å². The number of primary sulfonamides is 1. The molecule has 2 aromatic carbocycles. The van der Waals surface area contributed by atoms with Crippen molar-refractivity contribution in [3.05, 3.63) is 71.4 Å². The van der Waals surface area contributed by atoms with Crippen molar-refractivity contribution in [1.29, 1.82) is 0 Å². The highest BCUT2D eigenvalue weighted by Gasteiger charge is 2.13. The first-order chi connectivity index (χ1) is 13.6. The van der Waals surface area contributed by atoms with Crippen molar-refractivity contribution < 1.29 is 18.4 Å². The summed E-state index contributed by atoms with van der Waals surface area (Å²) in [5.41, 5.74) is 2.55. The van der Waals surface area contributed by atoms with Crippen molar-refractivity contribution in [2.45, 2.75) is 4.90 Å². The predicted octanol–water partition coefficient (Wildman–Crippen LogP) is 2.70. The van der Waals surface area contributed by atoms with E-state index in [2.05, 4.69) is 5.10 Å². The monoisotopic (exact) mass is 432 g/mol. The normalized spacial score (nSPS) is 11.7. The molecule has 3 rings (SSSR count). The first-order valence-electron chi connectivity index (χ1n) is 8.29. The maximum absolute atomic E-state index is 11.6. The third-order valence-corrected chi connectivity index (χ3v) is 5.17. The number of nitrogens with two attached hydrogens (primary N) is 1. The zero-order valence-electron chi connectivity index (χ0n) is 15.2. The van der Waals surface area contributed by atoms with E-state index in [-0.39, 0.29) is 4.90 Å². The molecule has 0 bridgehead atoms. The Labute approximate surface area is 172 Å². The molecule has 0 spiro atoms. The molecule has 3 aromatic rings. The van der Waals surface area contributed by atoms with Gasteiger partial charge in [0, 0.05) is 23.7 Å². The molecule has 8 nitrogen and oxygen atoms in total. The maximum atomic E-state index is 11.6. The van der Waals surface area contributed by atoms with Gasteiger partial charge in [0.2, 0.25) is 10.0 Å². The van der Waals surface area contributed by atoms with Gasteiger partial charge in [0.05, 0.1) is 22.0 Å². The van der Waals surface area contributed by atoms with Crippen LogP contribution in [0.4, 0.5) is 0 Å². The number of hydrogen-bond donors (Lipinski definition) is 2. The molecule has 0 radical (unpaired) electrons. The lowest BCUT2D eigenvalue weighted by atomic mass is 10.1. The van der Waals surface area contributed by atoms with Crippen LogP contribution in [-0.4, -0.2) is 41.4 Å². The molecule has 0 saturated carbocycles. The maximum Gasteiger partial charge on any atom is 0.269 e. The van der Waals surface area contributed by atoms with E-state index in [1.54, 1.807) is 35.0 Å². The minimum absolute atomic E-state index is 0.0156. The zero-order valence-corrected chi connectivity index (χ0v) is 16.8. The van der Waals surface area contributed by atoms with Gasteiger partial charge in [-0.1, -0.05) is 23.7 Å². The van der Waals surface area contributed by atoms with Gasteiger partial charge in [-0.05, 0) is 48.5 Å². The van der Waals surface area contributed by atoms with Gasteiger partial charge in [0.1, 0.15) is 0 Å². The molecule has 0 unspecified atom stereocenters. The highest BCUT2D eigenvalue weighted by Crippen LogP contribution is 2.26. The highest BCUT2D eigenvalue weighted by atomic mass is 35.5. The van der Waals surface area contributed by atoms with E-state index in [1.165, 1.54) is 31.3 Å². The van der Waals surface area contributed by atoms with E-state index >= 15 is 0 Å². The van der Waals surface area contributed by atoms with Gasteiger partial charge in [-0.15, -0.1) is 0 Å². The van der Waals surface area contributed by atoms with E-state index in [1.807, 2.05) is 12.1 Å². The molecule has 1 aromatic heterocycles. The summed E-state index contributed by atoms with van der Waals surface area (Å²) in [5.74, 6) is -0.606. The first kappa shape index (κ1) is 20.7. The Morgan fingerprint density at radius 3 is 2.34 bits per heavy atom. The molecular formula is C19H17ClN4O4S. The smallest absolute Gasteiger partial charge is 0.269 e. The van der Waals surface area contributed by atoms with Crippen LogP contribution in [0.5, 0.6) is 0 Å². The molecule has 0 aliphatic carbocycles. The number of carbonyl (C=O) groups excluding carboxylic acids is 1. The summed E-state index contributed by atoms with van der Waals surface area (Å²) in [7, 11) is -2.59. The summed E-state index contributed by atoms with van der Waals surface area (Å²) in [6.45, 7) is 0. The summed E-state index contributed by atoms with van der Waals surface area (Å²) in [6.07, 6.45) is 2.64. The Bertz CT molecular complexity index is 1170. The number of rotatable bonds is 5. The number of hydroxylamine groups is 2. The third-order valence-electron chi connectivity index (χ3n) is 3.99. The lowest BCUT2D eigenvalue weighted by Crippen LogP contribution is -2.19. The van der Waals surface area contributed by atoms with Crippen LogP contribution in [0.3, 0.4) is 0 Å². The fourth-order valence-corrected chi connectivity index (χ4v) is 3.19. The molecule has 3 N–H and O–H groups in total. The summed E-state index contributed by atoms with van der Waals surface area (Å²) in [5, 5.41) is 19.8. The van der Waals surface area contributed by atoms with Crippen LogP contribution in [0.2, 0.25) is 5.02 Å². The van der Waals surface area contributed by atoms with Crippen molar-refractivity contribution in [3.8, 4) is 16.9 Å². The molecule has 1 amide bonds. The number of nitrogens with zero attached hydrogens (tertiary/aromatic N) is 3. The fraction of sp³-hybridized carbons (Fsp3) is 0.0526. The van der Waals surface area contributed by atoms with Gasteiger partial charge in [0.15, 0.2) is 0 Å². The largest absolute Gasteiger partial charge is 0.286 e. The van der Waals surface area contributed by atoms with Crippen LogP contribution >= 0.6 is 11.6 Å². The molecule has 0 aliphatic heterocycles. The minimum atomic E-state index is -3.81. The Balaban J connectivity index is 2.08. The highest BCUT2D eigenvalue weighted by molar-refractivity contribution is 7.89. The van der Waals surface area contributed by atoms with Crippen molar-refractivity contribution in [2.24, 2.45) is 5.14 Å². The quantitative estimate of drug-likeness (QED) is 0.365. The second kappa shape index (κ2) is 8.18. The second-order valence-corrected chi connectivity index (χ2v) is 8.11. The lowest BCUT2D eigenvalue weighted by Gasteiger charge is -2.08. The number of halogens is 1. The van der Waals surface area contributed by atoms with Gasteiger partial charge < -0.3 is 0 Å². The van der Waals surface area contributed by atoms with Crippen molar-refractivity contribution in [3.63, 3.8) is 0 Å². The standard InChI is InChI=1S/C19H17ClN4O4S/c1-23(26)19(25)11-6-15-12-18(13-2-4-14(20)5-3-13)24(22-15)16-7-9-17(10-8-16)29(21,27)28/h2-12,26H,1H3,(H2,21,27,28)/b11-6+. The number of aromatic nitrogens is 2. The molecule has 1 heterocycles. The number of amides is 1. The summed E-state index contributed by atoms with van der Waals surface area (Å²) < 4.78 is 24.6. The van der Waals surface area contributed by atoms with Gasteiger partial charge >= 0.3 is 0 Å². The summed E-state index contributed by atoms with van der Waals surface area (Å²) >= 11 is 5.97. The van der Waals surface area contributed by atoms with Crippen LogP contribution in [0.25, 0.3) is 23.0 Å². The van der Waals surface area contributed by atoms with E-state index in [4.69, 9.17) is 21.9 Å². The molecule has 0 atom stereocenters. The summed E-state index contributed by atoms with van der Waals surface area (Å²) in [4.78, 5) is 11.6. The molecule has 10 heteroatoms. The van der Waals surface area contributed by atoms with Gasteiger partial charge in [-0.25, -0.2) is 23.3 Å². The number of carbonyl (C=O) groups is 1. The minimum Gasteiger partial charge on any atom is -0.286 e. The average Bonchev–Trinajstić information content (AvgIpc) is 3.10. The van der Waals surface area contributed by atoms with Crippen molar-refractivity contribution in [1.82, 2.24) is 14.8 Å². The predicted molar refractivity (Wildman–Crippen MR) is 109 cm³/mol. The molecule has 0 fully saturated rings. The first-order valence-corrected chi connectivity index (χ1v) is 10.2. The van der Waals surface area contributed by atoms with Crippen molar-refractivity contribution >= 4 is 33.6 Å². The van der Waals surface area contributed by atoms with Crippen molar-refractivity contribution in [2.75, 3.05) is 7.05 Å². The SMILES string of the molecule is CN(O)C(=O)/C=C/c1cc(-c2ccc(Cl)cc2)n(-c2ccc(S(N)(=O)=O)cc2)n1. The Morgan fingerprint density at radius 1 is 1.17 bits per heavy atom. The molecular weight excluding hydrogens is 416 g/mol. The van der Waals surface area contributed by atoms with Crippen LogP contribution in [-0.2, 0) is 14.8 Å². The van der Waals surface area contributed by atoms with E-state index < -0.39 is 15.9 Å². The molecule has 0 saturated heterocycles. The van der Waals surface area contributed by atoms with Crippen LogP contribution in [0.1, 0.15) is 5.69 Å². The van der Waals surface area contributed by atoms with E-state index in [0.29, 0.717) is 27.2 Å². The Hall–Kier alpha value is -2.98. The Morgan fingerprint density at radius 2 is 1.79 bits per heavy atom. The lowest BCUT2D eigenvalue weighted by molar-refractivity contribution is -0.153. The number of sulfonamides is 1. The molecule has 0 aliphatic rings. The number of likely N-dealkylation sites (N-methyl/N-ethyl adjacent to an activating group) is 1. The van der Waals surface area contributed by atoms with Crippen LogP contribution in [0, 0.1) is 0 Å². The van der Waals surface area contributed by atoms with E-state index in [9.17, 15) is 13.2 Å². The molecule has 150 valence electrons. The van der Waals surface area contributed by atoms with Gasteiger partial charge in [0.25, 0.3) is 5.91 Å². The second-order valence-electron chi connectivity index (χ2n) is 6.11. The fourth-order valence-electron chi connectivity index (χ4n) is 2.55. The van der Waals surface area contributed by atoms with Gasteiger partial charge in [-0.2, -0.15) is 5.10 Å². The average molecular weight is 433 g/mol. The van der Waals surface area contributed by atoms with Crippen LogP contribution in [0.15, 0.2) is 65.6 Å². The van der Waals surface area contributed by atoms with Crippen LogP contribution < -0.4 is 5.14 Å². The van der Waals surface area contributed by atoms with Gasteiger partial charge in [-0.3, -0.25) is 10.0 Å². The number of benzene rings is 2. The summed E-state index contributed by atoms with van der Waals surface area (Å²) in [6, 6.07) is 14.8. The number of hydrogen-bond acceptors (Lipinski definition) is 5. The zero-order chi connectivity index (χ0) is 21.2. The topological polar surface area (TPSA) is 119 Å².